The highest BCUT2D eigenvalue weighted by molar-refractivity contribution is 5.94. The minimum atomic E-state index is -0.0885. The average Bonchev–Trinajstić information content (AvgIpc) is 3.00. The van der Waals surface area contributed by atoms with E-state index in [0.717, 1.165) is 5.82 Å². The van der Waals surface area contributed by atoms with Gasteiger partial charge in [-0.1, -0.05) is 18.2 Å². The Balaban J connectivity index is 1.68. The van der Waals surface area contributed by atoms with Gasteiger partial charge in [0.2, 0.25) is 0 Å². The molecule has 8 heteroatoms. The third-order valence-electron chi connectivity index (χ3n) is 3.18. The molecule has 0 spiro atoms. The maximum atomic E-state index is 11.9. The average molecular weight is 315 g/mol. The summed E-state index contributed by atoms with van der Waals surface area (Å²) in [5.41, 5.74) is 0.650. The molecule has 122 valence electrons. The van der Waals surface area contributed by atoms with Crippen molar-refractivity contribution in [2.24, 2.45) is 12.0 Å². The molecular formula is C15H21N7O. The Morgan fingerprint density at radius 3 is 2.57 bits per heavy atom. The van der Waals surface area contributed by atoms with Crippen LogP contribution >= 0.6 is 0 Å². The lowest BCUT2D eigenvalue weighted by atomic mass is 10.2. The molecule has 2 rings (SSSR count). The van der Waals surface area contributed by atoms with E-state index in [1.165, 1.54) is 6.33 Å². The first-order chi connectivity index (χ1) is 11.2. The van der Waals surface area contributed by atoms with Crippen LogP contribution in [-0.2, 0) is 13.6 Å². The van der Waals surface area contributed by atoms with Crippen molar-refractivity contribution in [1.82, 2.24) is 30.7 Å². The molecule has 0 fully saturated rings. The molecule has 2 aromatic rings. The summed E-state index contributed by atoms with van der Waals surface area (Å²) >= 11 is 0. The van der Waals surface area contributed by atoms with Gasteiger partial charge in [-0.3, -0.25) is 14.5 Å². The molecule has 8 nitrogen and oxygen atoms in total. The second kappa shape index (κ2) is 8.52. The predicted molar refractivity (Wildman–Crippen MR) is 88.0 cm³/mol. The van der Waals surface area contributed by atoms with Crippen LogP contribution in [0.3, 0.4) is 0 Å². The summed E-state index contributed by atoms with van der Waals surface area (Å²) in [5.74, 6) is 1.36. The quantitative estimate of drug-likeness (QED) is 0.393. The fourth-order valence-electron chi connectivity index (χ4n) is 1.91. The van der Waals surface area contributed by atoms with E-state index in [0.29, 0.717) is 31.2 Å². The first-order valence-corrected chi connectivity index (χ1v) is 7.31. The first-order valence-electron chi connectivity index (χ1n) is 7.31. The van der Waals surface area contributed by atoms with Crippen molar-refractivity contribution in [2.75, 3.05) is 20.1 Å². The smallest absolute Gasteiger partial charge is 0.251 e. The second-order valence-electron chi connectivity index (χ2n) is 4.77. The lowest BCUT2D eigenvalue weighted by Gasteiger charge is -2.12. The third-order valence-corrected chi connectivity index (χ3v) is 3.18. The van der Waals surface area contributed by atoms with Crippen LogP contribution in [0.1, 0.15) is 16.2 Å². The zero-order valence-corrected chi connectivity index (χ0v) is 13.3. The molecule has 0 saturated carbocycles. The highest BCUT2D eigenvalue weighted by Crippen LogP contribution is 1.97. The summed E-state index contributed by atoms with van der Waals surface area (Å²) in [6, 6.07) is 9.12. The topological polar surface area (TPSA) is 96.2 Å². The number of amides is 1. The number of nitrogens with zero attached hydrogens (tertiary/aromatic N) is 4. The monoisotopic (exact) mass is 315 g/mol. The standard InChI is InChI=1S/C15H21N7O/c1-16-15(19-10-13-20-11-21-22(13)2)18-9-8-17-14(23)12-6-4-3-5-7-12/h3-7,11H,8-10H2,1-2H3,(H,17,23)(H2,16,18,19). The lowest BCUT2D eigenvalue weighted by molar-refractivity contribution is 0.0954. The molecule has 0 radical (unpaired) electrons. The number of guanidine groups is 1. The highest BCUT2D eigenvalue weighted by atomic mass is 16.1. The van der Waals surface area contributed by atoms with Gasteiger partial charge < -0.3 is 16.0 Å². The van der Waals surface area contributed by atoms with E-state index in [4.69, 9.17) is 0 Å². The summed E-state index contributed by atoms with van der Waals surface area (Å²) in [7, 11) is 3.52. The van der Waals surface area contributed by atoms with Gasteiger partial charge in [-0.05, 0) is 12.1 Å². The molecule has 0 unspecified atom stereocenters. The molecule has 1 aromatic heterocycles. The molecule has 3 N–H and O–H groups in total. The lowest BCUT2D eigenvalue weighted by Crippen LogP contribution is -2.41. The fourth-order valence-corrected chi connectivity index (χ4v) is 1.91. The number of nitrogens with one attached hydrogen (secondary N) is 3. The van der Waals surface area contributed by atoms with Crippen molar-refractivity contribution in [1.29, 1.82) is 0 Å². The van der Waals surface area contributed by atoms with E-state index in [1.54, 1.807) is 23.9 Å². The van der Waals surface area contributed by atoms with Crippen molar-refractivity contribution < 1.29 is 4.79 Å². The second-order valence-corrected chi connectivity index (χ2v) is 4.77. The van der Waals surface area contributed by atoms with Crippen LogP contribution in [0.15, 0.2) is 41.7 Å². The van der Waals surface area contributed by atoms with Crippen molar-refractivity contribution in [3.8, 4) is 0 Å². The predicted octanol–water partition coefficient (Wildman–Crippen LogP) is -0.0899. The van der Waals surface area contributed by atoms with Gasteiger partial charge in [-0.15, -0.1) is 0 Å². The number of carbonyl (C=O) groups excluding carboxylic acids is 1. The largest absolute Gasteiger partial charge is 0.355 e. The number of aliphatic imine (C=N–C) groups is 1. The Morgan fingerprint density at radius 1 is 1.17 bits per heavy atom. The number of aromatic nitrogens is 3. The van der Waals surface area contributed by atoms with Gasteiger partial charge in [0.1, 0.15) is 12.2 Å². The van der Waals surface area contributed by atoms with Crippen molar-refractivity contribution in [3.05, 3.63) is 48.0 Å². The Kier molecular flexibility index (Phi) is 6.10. The van der Waals surface area contributed by atoms with E-state index in [1.807, 2.05) is 25.2 Å². The summed E-state index contributed by atoms with van der Waals surface area (Å²) in [6.45, 7) is 1.59. The van der Waals surface area contributed by atoms with E-state index in [-0.39, 0.29) is 5.91 Å². The minimum absolute atomic E-state index is 0.0885. The number of carbonyl (C=O) groups is 1. The van der Waals surface area contributed by atoms with Crippen LogP contribution in [0.4, 0.5) is 0 Å². The summed E-state index contributed by atoms with van der Waals surface area (Å²) in [5, 5.41) is 13.1. The zero-order valence-electron chi connectivity index (χ0n) is 13.3. The molecule has 0 saturated heterocycles. The SMILES string of the molecule is CN=C(NCCNC(=O)c1ccccc1)NCc1ncnn1C. The Hall–Kier alpha value is -2.90. The summed E-state index contributed by atoms with van der Waals surface area (Å²) in [6.07, 6.45) is 1.51. The Bertz CT molecular complexity index is 651. The number of hydrogen-bond acceptors (Lipinski definition) is 4. The normalized spacial score (nSPS) is 11.1. The van der Waals surface area contributed by atoms with E-state index >= 15 is 0 Å². The van der Waals surface area contributed by atoms with E-state index in [9.17, 15) is 4.79 Å². The molecule has 1 amide bonds. The molecule has 1 heterocycles. The first kappa shape index (κ1) is 16.5. The molecule has 1 aromatic carbocycles. The molecule has 0 bridgehead atoms. The number of aryl methyl sites for hydroxylation is 1. The van der Waals surface area contributed by atoms with Gasteiger partial charge in [0.15, 0.2) is 5.96 Å². The minimum Gasteiger partial charge on any atom is -0.355 e. The zero-order chi connectivity index (χ0) is 16.5. The van der Waals surface area contributed by atoms with Crippen LogP contribution < -0.4 is 16.0 Å². The highest BCUT2D eigenvalue weighted by Gasteiger charge is 2.04. The van der Waals surface area contributed by atoms with Gasteiger partial charge in [-0.25, -0.2) is 4.98 Å². The van der Waals surface area contributed by atoms with Crippen LogP contribution in [-0.4, -0.2) is 46.8 Å². The van der Waals surface area contributed by atoms with E-state index < -0.39 is 0 Å². The van der Waals surface area contributed by atoms with Crippen molar-refractivity contribution >= 4 is 11.9 Å². The summed E-state index contributed by atoms with van der Waals surface area (Å²) in [4.78, 5) is 20.1. The van der Waals surface area contributed by atoms with Crippen LogP contribution in [0.2, 0.25) is 0 Å². The molecular weight excluding hydrogens is 294 g/mol. The Morgan fingerprint density at radius 2 is 1.91 bits per heavy atom. The van der Waals surface area contributed by atoms with E-state index in [2.05, 4.69) is 31.0 Å². The van der Waals surface area contributed by atoms with Gasteiger partial charge in [-0.2, -0.15) is 5.10 Å². The third kappa shape index (κ3) is 5.10. The number of hydrogen-bond donors (Lipinski definition) is 3. The maximum Gasteiger partial charge on any atom is 0.251 e. The number of benzene rings is 1. The van der Waals surface area contributed by atoms with Crippen LogP contribution in [0, 0.1) is 0 Å². The van der Waals surface area contributed by atoms with Crippen LogP contribution in [0.25, 0.3) is 0 Å². The molecule has 0 aliphatic carbocycles. The van der Waals surface area contributed by atoms with Crippen molar-refractivity contribution in [3.63, 3.8) is 0 Å². The van der Waals surface area contributed by atoms with Gasteiger partial charge in [0, 0.05) is 32.7 Å². The van der Waals surface area contributed by atoms with Gasteiger partial charge in [0.25, 0.3) is 5.91 Å². The molecule has 0 atom stereocenters. The Labute approximate surface area is 135 Å². The summed E-state index contributed by atoms with van der Waals surface area (Å²) < 4.78 is 1.69. The fraction of sp³-hybridized carbons (Fsp3) is 0.333. The molecule has 0 aliphatic rings. The van der Waals surface area contributed by atoms with Gasteiger partial charge in [0.05, 0.1) is 6.54 Å². The van der Waals surface area contributed by atoms with Crippen molar-refractivity contribution in [2.45, 2.75) is 6.54 Å². The number of rotatable bonds is 6. The molecule has 0 aliphatic heterocycles. The molecule has 23 heavy (non-hydrogen) atoms. The maximum absolute atomic E-state index is 11.9. The van der Waals surface area contributed by atoms with Crippen LogP contribution in [0.5, 0.6) is 0 Å². The van der Waals surface area contributed by atoms with Gasteiger partial charge >= 0.3 is 0 Å².